The van der Waals surface area contributed by atoms with Crippen molar-refractivity contribution in [3.63, 3.8) is 0 Å². The first-order chi connectivity index (χ1) is 8.45. The Bertz CT molecular complexity index is 341. The van der Waals surface area contributed by atoms with Gasteiger partial charge in [0.15, 0.2) is 0 Å². The lowest BCUT2D eigenvalue weighted by atomic mass is 10.2. The van der Waals surface area contributed by atoms with Crippen molar-refractivity contribution in [3.8, 4) is 0 Å². The molecule has 18 heavy (non-hydrogen) atoms. The van der Waals surface area contributed by atoms with Crippen LogP contribution in [0, 0.1) is 0 Å². The van der Waals surface area contributed by atoms with E-state index in [-0.39, 0.29) is 6.04 Å². The Morgan fingerprint density at radius 3 is 2.44 bits per heavy atom. The number of primary amides is 1. The molecule has 1 aliphatic carbocycles. The molecule has 1 fully saturated rings. The van der Waals surface area contributed by atoms with E-state index < -0.39 is 30.4 Å². The second-order valence-electron chi connectivity index (χ2n) is 4.44. The molecule has 1 rings (SSSR count). The van der Waals surface area contributed by atoms with Crippen LogP contribution in [-0.2, 0) is 9.59 Å². The highest BCUT2D eigenvalue weighted by Gasteiger charge is 2.33. The lowest BCUT2D eigenvalue weighted by Gasteiger charge is -2.24. The number of carbonyl (C=O) groups is 3. The third-order valence-electron chi connectivity index (χ3n) is 2.71. The Hall–Kier alpha value is -1.79. The van der Waals surface area contributed by atoms with Crippen molar-refractivity contribution in [1.29, 1.82) is 0 Å². The van der Waals surface area contributed by atoms with Crippen LogP contribution in [0.5, 0.6) is 0 Å². The highest BCUT2D eigenvalue weighted by molar-refractivity contribution is 5.87. The first-order valence-electron chi connectivity index (χ1n) is 6.04. The minimum absolute atomic E-state index is 0.202. The van der Waals surface area contributed by atoms with Gasteiger partial charge in [0.2, 0.25) is 5.91 Å². The molecule has 7 nitrogen and oxygen atoms in total. The second-order valence-corrected chi connectivity index (χ2v) is 4.44. The third kappa shape index (κ3) is 4.23. The van der Waals surface area contributed by atoms with E-state index in [0.717, 1.165) is 19.3 Å². The van der Waals surface area contributed by atoms with Crippen LogP contribution in [0.1, 0.15) is 32.6 Å². The molecule has 0 heterocycles. The Balaban J connectivity index is 2.58. The van der Waals surface area contributed by atoms with Gasteiger partial charge in [-0.1, -0.05) is 6.92 Å². The van der Waals surface area contributed by atoms with Gasteiger partial charge < -0.3 is 21.1 Å². The maximum atomic E-state index is 11.9. The summed E-state index contributed by atoms with van der Waals surface area (Å²) in [5, 5.41) is 11.2. The van der Waals surface area contributed by atoms with Crippen LogP contribution in [-0.4, -0.2) is 46.5 Å². The van der Waals surface area contributed by atoms with Gasteiger partial charge in [-0.05, 0) is 19.3 Å². The summed E-state index contributed by atoms with van der Waals surface area (Å²) < 4.78 is 0. The van der Waals surface area contributed by atoms with Crippen molar-refractivity contribution >= 4 is 17.9 Å². The van der Waals surface area contributed by atoms with E-state index in [2.05, 4.69) is 5.32 Å². The van der Waals surface area contributed by atoms with Gasteiger partial charge in [-0.25, -0.2) is 9.59 Å². The van der Waals surface area contributed by atoms with Crippen LogP contribution in [0.4, 0.5) is 4.79 Å². The van der Waals surface area contributed by atoms with E-state index in [0.29, 0.717) is 6.54 Å². The monoisotopic (exact) mass is 257 g/mol. The Kier molecular flexibility index (Phi) is 4.94. The van der Waals surface area contributed by atoms with Crippen LogP contribution < -0.4 is 11.1 Å². The molecule has 0 aromatic heterocycles. The molecule has 1 saturated carbocycles. The third-order valence-corrected chi connectivity index (χ3v) is 2.71. The topological polar surface area (TPSA) is 113 Å². The zero-order valence-electron chi connectivity index (χ0n) is 10.4. The summed E-state index contributed by atoms with van der Waals surface area (Å²) in [6.45, 7) is 2.53. The van der Waals surface area contributed by atoms with Gasteiger partial charge in [0.1, 0.15) is 6.04 Å². The summed E-state index contributed by atoms with van der Waals surface area (Å²) in [5.41, 5.74) is 4.95. The van der Waals surface area contributed by atoms with Crippen molar-refractivity contribution < 1.29 is 19.5 Å². The number of nitrogens with one attached hydrogen (secondary N) is 1. The number of nitrogens with two attached hydrogens (primary N) is 1. The normalized spacial score (nSPS) is 15.8. The first kappa shape index (κ1) is 14.3. The van der Waals surface area contributed by atoms with Gasteiger partial charge in [-0.3, -0.25) is 4.79 Å². The van der Waals surface area contributed by atoms with Gasteiger partial charge in [0, 0.05) is 12.6 Å². The number of nitrogens with zero attached hydrogens (tertiary/aromatic N) is 1. The molecule has 0 radical (unpaired) electrons. The summed E-state index contributed by atoms with van der Waals surface area (Å²) in [6, 6.07) is -1.49. The minimum atomic E-state index is -1.26. The molecular weight excluding hydrogens is 238 g/mol. The number of rotatable bonds is 7. The van der Waals surface area contributed by atoms with E-state index in [4.69, 9.17) is 10.8 Å². The fraction of sp³-hybridized carbons (Fsp3) is 0.727. The zero-order valence-corrected chi connectivity index (χ0v) is 10.4. The van der Waals surface area contributed by atoms with Crippen LogP contribution in [0.15, 0.2) is 0 Å². The molecule has 1 unspecified atom stereocenters. The standard InChI is InChI=1S/C11H19N3O4/c1-2-5-14(7-3-4-7)11(18)13-8(10(16)17)6-9(12)15/h7-8H,2-6H2,1H3,(H2,12,15)(H,13,18)(H,16,17). The van der Waals surface area contributed by atoms with Gasteiger partial charge in [0.05, 0.1) is 6.42 Å². The number of urea groups is 1. The van der Waals surface area contributed by atoms with Crippen LogP contribution in [0.3, 0.4) is 0 Å². The van der Waals surface area contributed by atoms with Gasteiger partial charge in [0.25, 0.3) is 0 Å². The molecule has 1 aliphatic rings. The fourth-order valence-electron chi connectivity index (χ4n) is 1.71. The average molecular weight is 257 g/mol. The van der Waals surface area contributed by atoms with E-state index in [1.807, 2.05) is 6.92 Å². The van der Waals surface area contributed by atoms with E-state index in [1.165, 1.54) is 0 Å². The lowest BCUT2D eigenvalue weighted by molar-refractivity contribution is -0.141. The maximum Gasteiger partial charge on any atom is 0.326 e. The summed E-state index contributed by atoms with van der Waals surface area (Å²) in [5.74, 6) is -2.01. The van der Waals surface area contributed by atoms with Gasteiger partial charge >= 0.3 is 12.0 Å². The van der Waals surface area contributed by atoms with Crippen molar-refractivity contribution in [1.82, 2.24) is 10.2 Å². The van der Waals surface area contributed by atoms with Crippen molar-refractivity contribution in [3.05, 3.63) is 0 Å². The number of amides is 3. The number of hydrogen-bond acceptors (Lipinski definition) is 3. The van der Waals surface area contributed by atoms with Crippen molar-refractivity contribution in [2.24, 2.45) is 5.73 Å². The Morgan fingerprint density at radius 2 is 2.06 bits per heavy atom. The number of hydrogen-bond donors (Lipinski definition) is 3. The minimum Gasteiger partial charge on any atom is -0.480 e. The molecule has 3 amide bonds. The molecule has 7 heteroatoms. The molecule has 102 valence electrons. The summed E-state index contributed by atoms with van der Waals surface area (Å²) in [4.78, 5) is 35.2. The average Bonchev–Trinajstić information content (AvgIpc) is 3.07. The molecule has 0 aromatic rings. The SMILES string of the molecule is CCCN(C(=O)NC(CC(N)=O)C(=O)O)C1CC1. The summed E-state index contributed by atoms with van der Waals surface area (Å²) in [7, 11) is 0. The largest absolute Gasteiger partial charge is 0.480 e. The second kappa shape index (κ2) is 6.23. The smallest absolute Gasteiger partial charge is 0.326 e. The first-order valence-corrected chi connectivity index (χ1v) is 6.04. The van der Waals surface area contributed by atoms with Crippen LogP contribution in [0.25, 0.3) is 0 Å². The molecule has 0 aliphatic heterocycles. The number of carboxylic acids is 1. The van der Waals surface area contributed by atoms with E-state index in [9.17, 15) is 14.4 Å². The summed E-state index contributed by atoms with van der Waals surface area (Å²) >= 11 is 0. The predicted molar refractivity (Wildman–Crippen MR) is 63.8 cm³/mol. The number of carbonyl (C=O) groups excluding carboxylic acids is 2. The van der Waals surface area contributed by atoms with E-state index >= 15 is 0 Å². The molecule has 0 aromatic carbocycles. The predicted octanol–water partition coefficient (Wildman–Crippen LogP) is -0.101. The van der Waals surface area contributed by atoms with Crippen LogP contribution in [0.2, 0.25) is 0 Å². The quantitative estimate of drug-likeness (QED) is 0.591. The summed E-state index contributed by atoms with van der Waals surface area (Å²) in [6.07, 6.45) is 2.30. The van der Waals surface area contributed by atoms with Gasteiger partial charge in [-0.15, -0.1) is 0 Å². The molecule has 0 bridgehead atoms. The van der Waals surface area contributed by atoms with Crippen molar-refractivity contribution in [2.45, 2.75) is 44.7 Å². The molecule has 0 spiro atoms. The number of aliphatic carboxylic acids is 1. The number of carboxylic acid groups (broad SMARTS) is 1. The van der Waals surface area contributed by atoms with Crippen LogP contribution >= 0.6 is 0 Å². The molecule has 1 atom stereocenters. The highest BCUT2D eigenvalue weighted by Crippen LogP contribution is 2.26. The molecular formula is C11H19N3O4. The highest BCUT2D eigenvalue weighted by atomic mass is 16.4. The van der Waals surface area contributed by atoms with Crippen molar-refractivity contribution in [2.75, 3.05) is 6.54 Å². The maximum absolute atomic E-state index is 11.9. The van der Waals surface area contributed by atoms with Gasteiger partial charge in [-0.2, -0.15) is 0 Å². The zero-order chi connectivity index (χ0) is 13.7. The fourth-order valence-corrected chi connectivity index (χ4v) is 1.71. The van der Waals surface area contributed by atoms with E-state index in [1.54, 1.807) is 4.90 Å². The lowest BCUT2D eigenvalue weighted by Crippen LogP contribution is -2.50. The Morgan fingerprint density at radius 1 is 1.44 bits per heavy atom. The molecule has 4 N–H and O–H groups in total. The Labute approximate surface area is 105 Å². The molecule has 0 saturated heterocycles.